The maximum Gasteiger partial charge on any atom is 0.243 e. The monoisotopic (exact) mass is 298 g/mol. The normalized spacial score (nSPS) is 15.7. The first kappa shape index (κ1) is 15.3. The molecule has 0 spiro atoms. The predicted molar refractivity (Wildman–Crippen MR) is 79.5 cm³/mol. The van der Waals surface area contributed by atoms with Crippen molar-refractivity contribution in [3.63, 3.8) is 0 Å². The number of nitrogens with zero attached hydrogens (tertiary/aromatic N) is 2. The molecule has 5 nitrogen and oxygen atoms in total. The molecule has 0 aromatic heterocycles. The minimum absolute atomic E-state index is 0.0521. The lowest BCUT2D eigenvalue weighted by Gasteiger charge is -2.23. The molecule has 2 rings (SSSR count). The highest BCUT2D eigenvalue weighted by molar-refractivity contribution is 7.89. The largest absolute Gasteiger partial charge is 0.395 e. The fraction of sp³-hybridized carbons (Fsp3) is 0.571. The Hall–Kier alpha value is -1.11. The van der Waals surface area contributed by atoms with Gasteiger partial charge in [0.1, 0.15) is 0 Å². The summed E-state index contributed by atoms with van der Waals surface area (Å²) in [5.41, 5.74) is 1.93. The summed E-state index contributed by atoms with van der Waals surface area (Å²) < 4.78 is 26.8. The van der Waals surface area contributed by atoms with E-state index in [1.807, 2.05) is 32.0 Å². The standard InChI is InChI=1S/C14H22N2O3S/c1-11-4-7-13(10-14(11)15(2)3)20(18,19)16(8-9-17)12-5-6-12/h4,7,10,12,17H,5-6,8-9H2,1-3H3. The van der Waals surface area contributed by atoms with E-state index in [2.05, 4.69) is 0 Å². The van der Waals surface area contributed by atoms with Gasteiger partial charge in [0.25, 0.3) is 0 Å². The Bertz CT molecular complexity index is 580. The molecule has 1 N–H and O–H groups in total. The summed E-state index contributed by atoms with van der Waals surface area (Å²) in [6.07, 6.45) is 1.76. The Morgan fingerprint density at radius 3 is 2.45 bits per heavy atom. The highest BCUT2D eigenvalue weighted by Crippen LogP contribution is 2.33. The minimum atomic E-state index is -3.53. The highest BCUT2D eigenvalue weighted by atomic mass is 32.2. The molecule has 0 heterocycles. The molecule has 1 aliphatic carbocycles. The zero-order valence-corrected chi connectivity index (χ0v) is 13.0. The Balaban J connectivity index is 2.40. The third kappa shape index (κ3) is 2.97. The predicted octanol–water partition coefficient (Wildman–Crippen LogP) is 1.21. The van der Waals surface area contributed by atoms with E-state index in [0.717, 1.165) is 24.1 Å². The summed E-state index contributed by atoms with van der Waals surface area (Å²) in [6.45, 7) is 1.97. The Kier molecular flexibility index (Phi) is 4.36. The molecule has 0 radical (unpaired) electrons. The summed E-state index contributed by atoms with van der Waals surface area (Å²) in [7, 11) is 0.262. The van der Waals surface area contributed by atoms with Gasteiger partial charge >= 0.3 is 0 Å². The molecule has 1 aromatic rings. The van der Waals surface area contributed by atoms with Gasteiger partial charge in [0.2, 0.25) is 10.0 Å². The van der Waals surface area contributed by atoms with Crippen LogP contribution in [0, 0.1) is 6.92 Å². The molecule has 0 unspecified atom stereocenters. The van der Waals surface area contributed by atoms with E-state index >= 15 is 0 Å². The summed E-state index contributed by atoms with van der Waals surface area (Å²) in [5, 5.41) is 9.10. The fourth-order valence-electron chi connectivity index (χ4n) is 2.33. The lowest BCUT2D eigenvalue weighted by Crippen LogP contribution is -2.35. The maximum atomic E-state index is 12.7. The second-order valence-corrected chi connectivity index (χ2v) is 7.30. The Labute approximate surface area is 120 Å². The topological polar surface area (TPSA) is 60.9 Å². The number of anilines is 1. The van der Waals surface area contributed by atoms with E-state index in [1.54, 1.807) is 12.1 Å². The highest BCUT2D eigenvalue weighted by Gasteiger charge is 2.37. The van der Waals surface area contributed by atoms with Crippen LogP contribution in [0.3, 0.4) is 0 Å². The van der Waals surface area contributed by atoms with E-state index in [0.29, 0.717) is 4.90 Å². The van der Waals surface area contributed by atoms with Gasteiger partial charge in [-0.3, -0.25) is 0 Å². The van der Waals surface area contributed by atoms with Crippen LogP contribution < -0.4 is 4.90 Å². The average Bonchev–Trinajstić information content (AvgIpc) is 3.19. The van der Waals surface area contributed by atoms with Crippen molar-refractivity contribution in [2.45, 2.75) is 30.7 Å². The van der Waals surface area contributed by atoms with Crippen LogP contribution in [-0.2, 0) is 10.0 Å². The SMILES string of the molecule is Cc1ccc(S(=O)(=O)N(CCO)C2CC2)cc1N(C)C. The summed E-state index contributed by atoms with van der Waals surface area (Å²) in [6, 6.07) is 5.23. The Morgan fingerprint density at radius 1 is 1.30 bits per heavy atom. The molecular formula is C14H22N2O3S. The molecule has 1 saturated carbocycles. The van der Waals surface area contributed by atoms with E-state index in [4.69, 9.17) is 5.11 Å². The summed E-state index contributed by atoms with van der Waals surface area (Å²) >= 11 is 0. The van der Waals surface area contributed by atoms with Gasteiger partial charge < -0.3 is 10.0 Å². The molecule has 1 aromatic carbocycles. The van der Waals surface area contributed by atoms with Crippen molar-refractivity contribution in [3.05, 3.63) is 23.8 Å². The fourth-order valence-corrected chi connectivity index (χ4v) is 4.02. The lowest BCUT2D eigenvalue weighted by atomic mass is 10.2. The number of hydrogen-bond acceptors (Lipinski definition) is 4. The first-order valence-corrected chi connectivity index (χ1v) is 8.22. The first-order chi connectivity index (χ1) is 9.37. The van der Waals surface area contributed by atoms with E-state index in [-0.39, 0.29) is 19.2 Å². The van der Waals surface area contributed by atoms with Crippen molar-refractivity contribution in [3.8, 4) is 0 Å². The van der Waals surface area contributed by atoms with Crippen molar-refractivity contribution in [2.75, 3.05) is 32.1 Å². The minimum Gasteiger partial charge on any atom is -0.395 e. The number of aliphatic hydroxyl groups excluding tert-OH is 1. The van der Waals surface area contributed by atoms with Gasteiger partial charge in [0, 0.05) is 32.4 Å². The van der Waals surface area contributed by atoms with Crippen molar-refractivity contribution >= 4 is 15.7 Å². The van der Waals surface area contributed by atoms with Gasteiger partial charge in [0.05, 0.1) is 11.5 Å². The molecule has 0 amide bonds. The van der Waals surface area contributed by atoms with Gasteiger partial charge in [-0.15, -0.1) is 0 Å². The second kappa shape index (κ2) is 5.71. The number of aliphatic hydroxyl groups is 1. The Morgan fingerprint density at radius 2 is 1.95 bits per heavy atom. The first-order valence-electron chi connectivity index (χ1n) is 6.78. The average molecular weight is 298 g/mol. The van der Waals surface area contributed by atoms with Gasteiger partial charge in [-0.1, -0.05) is 6.07 Å². The molecular weight excluding hydrogens is 276 g/mol. The van der Waals surface area contributed by atoms with Gasteiger partial charge in [-0.05, 0) is 37.5 Å². The summed E-state index contributed by atoms with van der Waals surface area (Å²) in [4.78, 5) is 2.20. The zero-order valence-electron chi connectivity index (χ0n) is 12.2. The third-order valence-electron chi connectivity index (χ3n) is 3.54. The van der Waals surface area contributed by atoms with Crippen LogP contribution in [0.25, 0.3) is 0 Å². The van der Waals surface area contributed by atoms with Crippen molar-refractivity contribution in [1.29, 1.82) is 0 Å². The van der Waals surface area contributed by atoms with Crippen LogP contribution >= 0.6 is 0 Å². The molecule has 0 saturated heterocycles. The van der Waals surface area contributed by atoms with Crippen LogP contribution in [0.4, 0.5) is 5.69 Å². The lowest BCUT2D eigenvalue weighted by molar-refractivity contribution is 0.250. The molecule has 6 heteroatoms. The van der Waals surface area contributed by atoms with Crippen LogP contribution in [0.5, 0.6) is 0 Å². The summed E-state index contributed by atoms with van der Waals surface area (Å²) in [5.74, 6) is 0. The van der Waals surface area contributed by atoms with E-state index in [9.17, 15) is 8.42 Å². The van der Waals surface area contributed by atoms with Crippen LogP contribution in [0.1, 0.15) is 18.4 Å². The maximum absolute atomic E-state index is 12.7. The van der Waals surface area contributed by atoms with Crippen LogP contribution in [0.2, 0.25) is 0 Å². The molecule has 1 fully saturated rings. The van der Waals surface area contributed by atoms with Crippen molar-refractivity contribution in [1.82, 2.24) is 4.31 Å². The number of sulfonamides is 1. The van der Waals surface area contributed by atoms with Crippen molar-refractivity contribution in [2.24, 2.45) is 0 Å². The van der Waals surface area contributed by atoms with Crippen LogP contribution in [-0.4, -0.2) is 51.1 Å². The van der Waals surface area contributed by atoms with Gasteiger partial charge in [0.15, 0.2) is 0 Å². The smallest absolute Gasteiger partial charge is 0.243 e. The van der Waals surface area contributed by atoms with Gasteiger partial charge in [-0.2, -0.15) is 4.31 Å². The molecule has 20 heavy (non-hydrogen) atoms. The number of benzene rings is 1. The molecule has 0 aliphatic heterocycles. The number of hydrogen-bond donors (Lipinski definition) is 1. The number of rotatable bonds is 6. The van der Waals surface area contributed by atoms with Crippen LogP contribution in [0.15, 0.2) is 23.1 Å². The second-order valence-electron chi connectivity index (χ2n) is 5.41. The van der Waals surface area contributed by atoms with E-state index in [1.165, 1.54) is 4.31 Å². The van der Waals surface area contributed by atoms with Gasteiger partial charge in [-0.25, -0.2) is 8.42 Å². The quantitative estimate of drug-likeness (QED) is 0.857. The molecule has 112 valence electrons. The zero-order chi connectivity index (χ0) is 14.9. The number of aryl methyl sites for hydroxylation is 1. The molecule has 0 atom stereocenters. The molecule has 1 aliphatic rings. The third-order valence-corrected chi connectivity index (χ3v) is 5.49. The molecule has 0 bridgehead atoms. The van der Waals surface area contributed by atoms with E-state index < -0.39 is 10.0 Å². The van der Waals surface area contributed by atoms with Crippen molar-refractivity contribution < 1.29 is 13.5 Å².